The summed E-state index contributed by atoms with van der Waals surface area (Å²) in [5.74, 6) is 2.46. The summed E-state index contributed by atoms with van der Waals surface area (Å²) in [5, 5.41) is 0. The SMILES string of the molecule is NCc1ccccc1CC(=O)N1CCCSCC1. The van der Waals surface area contributed by atoms with Crippen LogP contribution in [-0.2, 0) is 17.8 Å². The minimum atomic E-state index is 0.235. The lowest BCUT2D eigenvalue weighted by atomic mass is 10.0. The van der Waals surface area contributed by atoms with Crippen molar-refractivity contribution in [3.05, 3.63) is 35.4 Å². The van der Waals surface area contributed by atoms with Gasteiger partial charge in [0.05, 0.1) is 6.42 Å². The maximum Gasteiger partial charge on any atom is 0.227 e. The van der Waals surface area contributed by atoms with Crippen molar-refractivity contribution in [3.8, 4) is 0 Å². The molecule has 1 saturated heterocycles. The predicted molar refractivity (Wildman–Crippen MR) is 76.6 cm³/mol. The fourth-order valence-corrected chi connectivity index (χ4v) is 3.09. The van der Waals surface area contributed by atoms with E-state index in [-0.39, 0.29) is 5.91 Å². The van der Waals surface area contributed by atoms with Crippen molar-refractivity contribution in [2.75, 3.05) is 24.6 Å². The summed E-state index contributed by atoms with van der Waals surface area (Å²) in [6.45, 7) is 2.28. The average Bonchev–Trinajstić information content (AvgIpc) is 2.68. The van der Waals surface area contributed by atoms with E-state index in [4.69, 9.17) is 5.73 Å². The molecular formula is C14H20N2OS. The number of thioether (sulfide) groups is 1. The Balaban J connectivity index is 2.01. The third-order valence-electron chi connectivity index (χ3n) is 3.25. The molecule has 3 nitrogen and oxygen atoms in total. The number of hydrogen-bond acceptors (Lipinski definition) is 3. The Morgan fingerprint density at radius 2 is 2.00 bits per heavy atom. The number of carbonyl (C=O) groups is 1. The van der Waals surface area contributed by atoms with Gasteiger partial charge in [-0.2, -0.15) is 11.8 Å². The minimum absolute atomic E-state index is 0.235. The van der Waals surface area contributed by atoms with E-state index in [0.717, 1.165) is 36.4 Å². The van der Waals surface area contributed by atoms with E-state index in [1.54, 1.807) is 0 Å². The van der Waals surface area contributed by atoms with Crippen LogP contribution in [0.15, 0.2) is 24.3 Å². The first kappa shape index (κ1) is 13.4. The maximum absolute atomic E-state index is 12.3. The second-order valence-electron chi connectivity index (χ2n) is 4.50. The molecule has 0 radical (unpaired) electrons. The van der Waals surface area contributed by atoms with Crippen LogP contribution >= 0.6 is 11.8 Å². The van der Waals surface area contributed by atoms with Gasteiger partial charge in [-0.05, 0) is 23.3 Å². The number of nitrogens with two attached hydrogens (primary N) is 1. The van der Waals surface area contributed by atoms with Crippen molar-refractivity contribution in [2.24, 2.45) is 5.73 Å². The summed E-state index contributed by atoms with van der Waals surface area (Å²) in [6, 6.07) is 7.95. The third-order valence-corrected chi connectivity index (χ3v) is 4.30. The number of hydrogen-bond donors (Lipinski definition) is 1. The van der Waals surface area contributed by atoms with Gasteiger partial charge in [-0.1, -0.05) is 24.3 Å². The van der Waals surface area contributed by atoms with E-state index in [1.165, 1.54) is 5.75 Å². The van der Waals surface area contributed by atoms with Crippen molar-refractivity contribution in [1.29, 1.82) is 0 Å². The van der Waals surface area contributed by atoms with Crippen molar-refractivity contribution in [2.45, 2.75) is 19.4 Å². The second-order valence-corrected chi connectivity index (χ2v) is 5.72. The van der Waals surface area contributed by atoms with Gasteiger partial charge in [-0.15, -0.1) is 0 Å². The zero-order valence-electron chi connectivity index (χ0n) is 10.6. The van der Waals surface area contributed by atoms with Crippen LogP contribution in [0.3, 0.4) is 0 Å². The summed E-state index contributed by atoms with van der Waals surface area (Å²) in [7, 11) is 0. The fourth-order valence-electron chi connectivity index (χ4n) is 2.20. The molecule has 0 aliphatic carbocycles. The minimum Gasteiger partial charge on any atom is -0.342 e. The van der Waals surface area contributed by atoms with Gasteiger partial charge in [0.2, 0.25) is 5.91 Å². The quantitative estimate of drug-likeness (QED) is 0.903. The van der Waals surface area contributed by atoms with Gasteiger partial charge in [0.1, 0.15) is 0 Å². The first-order chi connectivity index (χ1) is 8.81. The molecule has 2 rings (SSSR count). The Morgan fingerprint density at radius 3 is 2.78 bits per heavy atom. The van der Waals surface area contributed by atoms with E-state index >= 15 is 0 Å². The molecule has 2 N–H and O–H groups in total. The molecule has 1 aromatic rings. The molecule has 0 bridgehead atoms. The number of nitrogens with zero attached hydrogens (tertiary/aromatic N) is 1. The number of carbonyl (C=O) groups excluding carboxylic acids is 1. The Kier molecular flexibility index (Phi) is 5.08. The van der Waals surface area contributed by atoms with Crippen molar-refractivity contribution < 1.29 is 4.79 Å². The van der Waals surface area contributed by atoms with Crippen molar-refractivity contribution in [1.82, 2.24) is 4.90 Å². The summed E-state index contributed by atoms with van der Waals surface area (Å²) in [4.78, 5) is 14.3. The summed E-state index contributed by atoms with van der Waals surface area (Å²) in [5.41, 5.74) is 7.85. The van der Waals surface area contributed by atoms with E-state index in [1.807, 2.05) is 40.9 Å². The van der Waals surface area contributed by atoms with Crippen LogP contribution in [-0.4, -0.2) is 35.4 Å². The summed E-state index contributed by atoms with van der Waals surface area (Å²) < 4.78 is 0. The number of benzene rings is 1. The highest BCUT2D eigenvalue weighted by atomic mass is 32.2. The van der Waals surface area contributed by atoms with E-state index in [9.17, 15) is 4.79 Å². The lowest BCUT2D eigenvalue weighted by Crippen LogP contribution is -2.34. The predicted octanol–water partition coefficient (Wildman–Crippen LogP) is 1.65. The van der Waals surface area contributed by atoms with Crippen LogP contribution in [0.2, 0.25) is 0 Å². The molecule has 0 spiro atoms. The molecule has 0 unspecified atom stereocenters. The smallest absolute Gasteiger partial charge is 0.227 e. The summed E-state index contributed by atoms with van der Waals surface area (Å²) in [6.07, 6.45) is 1.59. The van der Waals surface area contributed by atoms with Gasteiger partial charge in [-0.3, -0.25) is 4.79 Å². The average molecular weight is 264 g/mol. The zero-order chi connectivity index (χ0) is 12.8. The van der Waals surface area contributed by atoms with E-state index in [0.29, 0.717) is 13.0 Å². The first-order valence-electron chi connectivity index (χ1n) is 6.43. The molecule has 1 aliphatic rings. The van der Waals surface area contributed by atoms with Crippen LogP contribution < -0.4 is 5.73 Å². The van der Waals surface area contributed by atoms with E-state index < -0.39 is 0 Å². The highest BCUT2D eigenvalue weighted by molar-refractivity contribution is 7.99. The van der Waals surface area contributed by atoms with Crippen molar-refractivity contribution in [3.63, 3.8) is 0 Å². The van der Waals surface area contributed by atoms with Crippen LogP contribution in [0.4, 0.5) is 0 Å². The van der Waals surface area contributed by atoms with Crippen molar-refractivity contribution >= 4 is 17.7 Å². The van der Waals surface area contributed by atoms with Gasteiger partial charge >= 0.3 is 0 Å². The van der Waals surface area contributed by atoms with Gasteiger partial charge in [-0.25, -0.2) is 0 Å². The van der Waals surface area contributed by atoms with Crippen LogP contribution in [0.1, 0.15) is 17.5 Å². The third kappa shape index (κ3) is 3.50. The van der Waals surface area contributed by atoms with Crippen LogP contribution in [0, 0.1) is 0 Å². The monoisotopic (exact) mass is 264 g/mol. The number of amides is 1. The van der Waals surface area contributed by atoms with Gasteiger partial charge in [0.15, 0.2) is 0 Å². The van der Waals surface area contributed by atoms with Crippen LogP contribution in [0.5, 0.6) is 0 Å². The van der Waals surface area contributed by atoms with E-state index in [2.05, 4.69) is 0 Å². The lowest BCUT2D eigenvalue weighted by molar-refractivity contribution is -0.130. The molecular weight excluding hydrogens is 244 g/mol. The Hall–Kier alpha value is -1.00. The topological polar surface area (TPSA) is 46.3 Å². The van der Waals surface area contributed by atoms with Crippen LogP contribution in [0.25, 0.3) is 0 Å². The highest BCUT2D eigenvalue weighted by Gasteiger charge is 2.16. The molecule has 1 fully saturated rings. The highest BCUT2D eigenvalue weighted by Crippen LogP contribution is 2.14. The molecule has 0 saturated carbocycles. The lowest BCUT2D eigenvalue weighted by Gasteiger charge is -2.20. The Labute approximate surface area is 113 Å². The number of rotatable bonds is 3. The largest absolute Gasteiger partial charge is 0.342 e. The molecule has 98 valence electrons. The van der Waals surface area contributed by atoms with Gasteiger partial charge < -0.3 is 10.6 Å². The summed E-state index contributed by atoms with van der Waals surface area (Å²) >= 11 is 1.94. The maximum atomic E-state index is 12.3. The zero-order valence-corrected chi connectivity index (χ0v) is 11.4. The molecule has 4 heteroatoms. The fraction of sp³-hybridized carbons (Fsp3) is 0.500. The molecule has 1 amide bonds. The second kappa shape index (κ2) is 6.81. The molecule has 0 atom stereocenters. The normalized spacial score (nSPS) is 16.4. The molecule has 18 heavy (non-hydrogen) atoms. The Morgan fingerprint density at radius 1 is 1.22 bits per heavy atom. The first-order valence-corrected chi connectivity index (χ1v) is 7.59. The molecule has 0 aromatic heterocycles. The molecule has 1 heterocycles. The van der Waals surface area contributed by atoms with Gasteiger partial charge in [0.25, 0.3) is 0 Å². The Bertz CT molecular complexity index is 401. The molecule has 1 aliphatic heterocycles. The van der Waals surface area contributed by atoms with Gasteiger partial charge in [0, 0.05) is 25.4 Å². The standard InChI is InChI=1S/C14H20N2OS/c15-11-13-5-2-1-4-12(13)10-14(17)16-6-3-8-18-9-7-16/h1-2,4-5H,3,6-11,15H2. The molecule has 1 aromatic carbocycles.